The first-order valence-electron chi connectivity index (χ1n) is 12.4. The van der Waals surface area contributed by atoms with E-state index in [4.69, 9.17) is 4.42 Å². The molecule has 0 fully saturated rings. The van der Waals surface area contributed by atoms with Crippen LogP contribution in [0.4, 0.5) is 0 Å². The zero-order valence-electron chi connectivity index (χ0n) is 22.6. The summed E-state index contributed by atoms with van der Waals surface area (Å²) < 4.78 is 6.03. The Kier molecular flexibility index (Phi) is 9.75. The van der Waals surface area contributed by atoms with Gasteiger partial charge in [-0.2, -0.15) is 5.26 Å². The summed E-state index contributed by atoms with van der Waals surface area (Å²) in [6, 6.07) is 22.9. The number of hydrogen-bond acceptors (Lipinski definition) is 5. The number of carbonyl (C=O) groups excluding carboxylic acids is 1. The average Bonchev–Trinajstić information content (AvgIpc) is 3.37. The minimum Gasteiger partial charge on any atom is -0.467 e. The number of benzene rings is 2. The summed E-state index contributed by atoms with van der Waals surface area (Å²) in [5.41, 5.74) is 5.18. The summed E-state index contributed by atoms with van der Waals surface area (Å²) in [5, 5.41) is 12.8. The van der Waals surface area contributed by atoms with Crippen molar-refractivity contribution in [3.8, 4) is 6.07 Å². The Morgan fingerprint density at radius 1 is 0.838 bits per heavy atom. The molecule has 0 atom stereocenters. The minimum atomic E-state index is -0.389. The van der Waals surface area contributed by atoms with Gasteiger partial charge in [0, 0.05) is 11.5 Å². The number of hydrogen-bond donors (Lipinski definition) is 1. The minimum absolute atomic E-state index is 0.0924. The Hall–Kier alpha value is -2.88. The Labute approximate surface area is 229 Å². The smallest absolute Gasteiger partial charge is 0.264 e. The maximum atomic E-state index is 13.0. The molecular formula is C31H36N2O2S2. The molecule has 1 N–H and O–H groups in total. The maximum Gasteiger partial charge on any atom is 0.264 e. The second kappa shape index (κ2) is 12.6. The van der Waals surface area contributed by atoms with Gasteiger partial charge in [-0.1, -0.05) is 90.1 Å². The number of rotatable bonds is 9. The first kappa shape index (κ1) is 28.7. The van der Waals surface area contributed by atoms with E-state index >= 15 is 0 Å². The van der Waals surface area contributed by atoms with Crippen LogP contribution in [0.5, 0.6) is 0 Å². The van der Waals surface area contributed by atoms with Gasteiger partial charge in [-0.05, 0) is 45.2 Å². The van der Waals surface area contributed by atoms with Crippen molar-refractivity contribution in [1.82, 2.24) is 5.32 Å². The van der Waals surface area contributed by atoms with Gasteiger partial charge in [-0.15, -0.1) is 23.5 Å². The van der Waals surface area contributed by atoms with E-state index in [9.17, 15) is 10.1 Å². The molecule has 2 aromatic carbocycles. The van der Waals surface area contributed by atoms with Crippen LogP contribution in [0.2, 0.25) is 0 Å². The summed E-state index contributed by atoms with van der Waals surface area (Å²) in [6.45, 7) is 13.4. The normalized spacial score (nSPS) is 11.6. The lowest BCUT2D eigenvalue weighted by molar-refractivity contribution is -0.117. The number of nitrogens with zero attached hydrogens (tertiary/aromatic N) is 1. The molecule has 0 unspecified atom stereocenters. The Bertz CT molecular complexity index is 1180. The highest BCUT2D eigenvalue weighted by atomic mass is 32.2. The summed E-state index contributed by atoms with van der Waals surface area (Å²) >= 11 is 3.07. The monoisotopic (exact) mass is 532 g/mol. The third kappa shape index (κ3) is 8.59. The highest BCUT2D eigenvalue weighted by Gasteiger charge is 2.19. The quantitative estimate of drug-likeness (QED) is 0.223. The molecule has 3 aromatic rings. The molecule has 0 saturated carbocycles. The van der Waals surface area contributed by atoms with E-state index in [0.29, 0.717) is 17.3 Å². The van der Waals surface area contributed by atoms with Crippen molar-refractivity contribution in [2.24, 2.45) is 0 Å². The van der Waals surface area contributed by atoms with Crippen LogP contribution in [0.3, 0.4) is 0 Å². The van der Waals surface area contributed by atoms with Crippen LogP contribution in [0.1, 0.15) is 69.6 Å². The van der Waals surface area contributed by atoms with Crippen molar-refractivity contribution in [2.45, 2.75) is 70.4 Å². The molecule has 4 nitrogen and oxygen atoms in total. The van der Waals surface area contributed by atoms with Gasteiger partial charge in [0.25, 0.3) is 5.91 Å². The number of amides is 1. The molecule has 0 saturated heterocycles. The second-order valence-electron chi connectivity index (χ2n) is 11.0. The summed E-state index contributed by atoms with van der Waals surface area (Å²) in [5.74, 6) is 1.60. The van der Waals surface area contributed by atoms with Crippen LogP contribution in [-0.4, -0.2) is 5.91 Å². The maximum absolute atomic E-state index is 13.0. The second-order valence-corrected chi connectivity index (χ2v) is 13.2. The predicted molar refractivity (Wildman–Crippen MR) is 156 cm³/mol. The highest BCUT2D eigenvalue weighted by Crippen LogP contribution is 2.37. The van der Waals surface area contributed by atoms with Gasteiger partial charge in [-0.25, -0.2) is 0 Å². The molecule has 0 aliphatic carbocycles. The van der Waals surface area contributed by atoms with Crippen molar-refractivity contribution in [2.75, 3.05) is 0 Å². The van der Waals surface area contributed by atoms with Crippen molar-refractivity contribution in [3.63, 3.8) is 0 Å². The van der Waals surface area contributed by atoms with Crippen LogP contribution in [0.15, 0.2) is 81.2 Å². The molecule has 0 spiro atoms. The van der Waals surface area contributed by atoms with Crippen LogP contribution in [0, 0.1) is 11.3 Å². The lowest BCUT2D eigenvalue weighted by atomic mass is 9.87. The van der Waals surface area contributed by atoms with Gasteiger partial charge >= 0.3 is 0 Å². The molecule has 6 heteroatoms. The van der Waals surface area contributed by atoms with E-state index in [2.05, 4.69) is 101 Å². The third-order valence-corrected chi connectivity index (χ3v) is 8.52. The van der Waals surface area contributed by atoms with E-state index in [1.807, 2.05) is 0 Å². The zero-order valence-corrected chi connectivity index (χ0v) is 24.2. The number of furan rings is 1. The molecule has 194 valence electrons. The topological polar surface area (TPSA) is 66.0 Å². The molecule has 0 aliphatic rings. The summed E-state index contributed by atoms with van der Waals surface area (Å²) in [4.78, 5) is 13.0. The third-order valence-electron chi connectivity index (χ3n) is 5.93. The summed E-state index contributed by atoms with van der Waals surface area (Å²) in [7, 11) is 0. The van der Waals surface area contributed by atoms with Crippen molar-refractivity contribution in [1.29, 1.82) is 5.26 Å². The summed E-state index contributed by atoms with van der Waals surface area (Å²) in [6.07, 6.45) is 1.57. The lowest BCUT2D eigenvalue weighted by Crippen LogP contribution is -2.24. The number of thioether (sulfide) groups is 2. The standard InChI is InChI=1S/C31H36N2O2S2/c1-30(2,3)24-13-9-22(10-14-24)20-36-29(27(18-32)28(34)33-19-26-8-7-17-35-26)37-21-23-11-15-25(16-12-23)31(4,5)6/h7-17H,19-21H2,1-6H3,(H,33,34). The van der Waals surface area contributed by atoms with Crippen LogP contribution in [0.25, 0.3) is 0 Å². The first-order chi connectivity index (χ1) is 17.5. The van der Waals surface area contributed by atoms with Crippen LogP contribution in [-0.2, 0) is 33.7 Å². The Morgan fingerprint density at radius 2 is 1.32 bits per heavy atom. The molecule has 1 aromatic heterocycles. The van der Waals surface area contributed by atoms with E-state index in [0.717, 1.165) is 15.4 Å². The lowest BCUT2D eigenvalue weighted by Gasteiger charge is -2.19. The fourth-order valence-electron chi connectivity index (χ4n) is 3.54. The average molecular weight is 533 g/mol. The highest BCUT2D eigenvalue weighted by molar-refractivity contribution is 8.21. The molecule has 1 heterocycles. The van der Waals surface area contributed by atoms with Crippen molar-refractivity contribution >= 4 is 29.4 Å². The van der Waals surface area contributed by atoms with Gasteiger partial charge in [-0.3, -0.25) is 4.79 Å². The fraction of sp³-hybridized carbons (Fsp3) is 0.355. The van der Waals surface area contributed by atoms with Crippen molar-refractivity contribution in [3.05, 3.63) is 105 Å². The molecule has 1 amide bonds. The molecule has 0 radical (unpaired) electrons. The van der Waals surface area contributed by atoms with Gasteiger partial charge in [0.1, 0.15) is 17.4 Å². The van der Waals surface area contributed by atoms with Gasteiger partial charge in [0.05, 0.1) is 17.0 Å². The van der Waals surface area contributed by atoms with Gasteiger partial charge in [0.2, 0.25) is 0 Å². The molecule has 0 aliphatic heterocycles. The number of nitriles is 1. The van der Waals surface area contributed by atoms with E-state index in [-0.39, 0.29) is 28.9 Å². The predicted octanol–water partition coefficient (Wildman–Crippen LogP) is 8.09. The van der Waals surface area contributed by atoms with Gasteiger partial charge in [0.15, 0.2) is 0 Å². The molecule has 37 heavy (non-hydrogen) atoms. The van der Waals surface area contributed by atoms with Gasteiger partial charge < -0.3 is 9.73 Å². The largest absolute Gasteiger partial charge is 0.467 e. The first-order valence-corrected chi connectivity index (χ1v) is 14.3. The SMILES string of the molecule is CC(C)(C)c1ccc(CSC(SCc2ccc(C(C)(C)C)cc2)=C(C#N)C(=O)NCc2ccco2)cc1. The molecular weight excluding hydrogens is 496 g/mol. The zero-order chi connectivity index (χ0) is 27.1. The Balaban J connectivity index is 1.78. The number of nitrogens with one attached hydrogen (secondary N) is 1. The van der Waals surface area contributed by atoms with Crippen LogP contribution >= 0.6 is 23.5 Å². The molecule has 3 rings (SSSR count). The van der Waals surface area contributed by atoms with E-state index < -0.39 is 0 Å². The van der Waals surface area contributed by atoms with Crippen molar-refractivity contribution < 1.29 is 9.21 Å². The van der Waals surface area contributed by atoms with Crippen LogP contribution < -0.4 is 5.32 Å². The van der Waals surface area contributed by atoms with E-state index in [1.165, 1.54) is 34.7 Å². The Morgan fingerprint density at radius 3 is 1.70 bits per heavy atom. The number of carbonyl (C=O) groups is 1. The molecule has 0 bridgehead atoms. The van der Waals surface area contributed by atoms with E-state index in [1.54, 1.807) is 18.4 Å². The fourth-order valence-corrected chi connectivity index (χ4v) is 5.78.